The maximum atomic E-state index is 12.9. The van der Waals surface area contributed by atoms with Crippen LogP contribution in [0, 0.1) is 10.7 Å². The van der Waals surface area contributed by atoms with Crippen LogP contribution in [0.1, 0.15) is 7.79 Å². The Morgan fingerprint density at radius 2 is 2.29 bits per heavy atom. The van der Waals surface area contributed by atoms with Gasteiger partial charge in [-0.05, 0) is 18.6 Å². The molecule has 1 aliphatic heterocycles. The van der Waals surface area contributed by atoms with Crippen LogP contribution < -0.4 is 5.32 Å². The number of nitrogens with one attached hydrogen (secondary N) is 2. The number of hydrogen-bond donors (Lipinski definition) is 2. The highest BCUT2D eigenvalue weighted by Crippen LogP contribution is 2.36. The number of pyridine rings is 1. The molecular weight excluding hydrogens is 349 g/mol. The first-order chi connectivity index (χ1) is 11.4. The SMILES string of the molecule is [2H]C1(C(=O)Nc2ccnc([S@](C)(=N)=O)c2)CC(C(F)(F)F)CN1OC. The van der Waals surface area contributed by atoms with E-state index in [1.54, 1.807) is 0 Å². The van der Waals surface area contributed by atoms with Gasteiger partial charge in [0.25, 0.3) is 0 Å². The molecule has 0 aliphatic carbocycles. The van der Waals surface area contributed by atoms with Gasteiger partial charge >= 0.3 is 6.18 Å². The van der Waals surface area contributed by atoms with Crippen LogP contribution in [0.25, 0.3) is 0 Å². The van der Waals surface area contributed by atoms with E-state index in [0.717, 1.165) is 13.4 Å². The molecule has 0 aromatic carbocycles. The quantitative estimate of drug-likeness (QED) is 0.847. The van der Waals surface area contributed by atoms with Crippen molar-refractivity contribution in [2.75, 3.05) is 25.2 Å². The number of nitrogens with zero attached hydrogens (tertiary/aromatic N) is 2. The minimum atomic E-state index is -4.55. The van der Waals surface area contributed by atoms with Crippen LogP contribution in [-0.4, -0.2) is 52.3 Å². The van der Waals surface area contributed by atoms with E-state index in [1.807, 2.05) is 0 Å². The molecular formula is C13H17F3N4O3S. The Labute approximate surface area is 138 Å². The van der Waals surface area contributed by atoms with Crippen molar-refractivity contribution in [2.24, 2.45) is 5.92 Å². The van der Waals surface area contributed by atoms with Crippen LogP contribution in [0.3, 0.4) is 0 Å². The highest BCUT2D eigenvalue weighted by atomic mass is 32.2. The van der Waals surface area contributed by atoms with Gasteiger partial charge in [-0.15, -0.1) is 0 Å². The third-order valence-corrected chi connectivity index (χ3v) is 4.49. The first-order valence-corrected chi connectivity index (χ1v) is 8.74. The number of alkyl halides is 3. The van der Waals surface area contributed by atoms with E-state index in [-0.39, 0.29) is 10.7 Å². The van der Waals surface area contributed by atoms with Gasteiger partial charge < -0.3 is 10.2 Å². The van der Waals surface area contributed by atoms with Crippen molar-refractivity contribution in [1.29, 1.82) is 4.78 Å². The lowest BCUT2D eigenvalue weighted by molar-refractivity contribution is -0.187. The summed E-state index contributed by atoms with van der Waals surface area (Å²) in [5, 5.41) is 2.90. The second-order valence-corrected chi connectivity index (χ2v) is 7.42. The monoisotopic (exact) mass is 367 g/mol. The van der Waals surface area contributed by atoms with E-state index in [9.17, 15) is 22.2 Å². The van der Waals surface area contributed by atoms with Crippen molar-refractivity contribution in [3.8, 4) is 0 Å². The third-order valence-electron chi connectivity index (χ3n) is 3.46. The summed E-state index contributed by atoms with van der Waals surface area (Å²) in [6, 6.07) is 0.236. The molecule has 1 aromatic rings. The molecule has 1 amide bonds. The molecule has 1 aromatic heterocycles. The van der Waals surface area contributed by atoms with Crippen molar-refractivity contribution in [3.63, 3.8) is 0 Å². The van der Waals surface area contributed by atoms with Crippen LogP contribution in [0.15, 0.2) is 23.4 Å². The van der Waals surface area contributed by atoms with E-state index in [0.29, 0.717) is 5.06 Å². The zero-order valence-electron chi connectivity index (χ0n) is 13.9. The largest absolute Gasteiger partial charge is 0.393 e. The maximum absolute atomic E-state index is 12.9. The number of hydroxylamine groups is 2. The van der Waals surface area contributed by atoms with Gasteiger partial charge in [0.1, 0.15) is 11.0 Å². The Bertz CT molecular complexity index is 774. The number of aromatic nitrogens is 1. The molecule has 2 heterocycles. The van der Waals surface area contributed by atoms with Gasteiger partial charge in [-0.1, -0.05) is 0 Å². The fourth-order valence-electron chi connectivity index (χ4n) is 2.22. The Hall–Kier alpha value is -1.72. The number of amides is 1. The van der Waals surface area contributed by atoms with Crippen LogP contribution >= 0.6 is 0 Å². The van der Waals surface area contributed by atoms with E-state index in [2.05, 4.69) is 10.3 Å². The summed E-state index contributed by atoms with van der Waals surface area (Å²) in [5.41, 5.74) is 0.0787. The first kappa shape index (κ1) is 17.1. The first-order valence-electron chi connectivity index (χ1n) is 7.27. The molecule has 0 bridgehead atoms. The molecule has 134 valence electrons. The predicted octanol–water partition coefficient (Wildman–Crippen LogP) is 1.87. The van der Waals surface area contributed by atoms with Gasteiger partial charge in [0.05, 0.1) is 24.1 Å². The topological polar surface area (TPSA) is 95.4 Å². The lowest BCUT2D eigenvalue weighted by Crippen LogP contribution is -2.38. The van der Waals surface area contributed by atoms with Gasteiger partial charge in [0.2, 0.25) is 5.91 Å². The molecule has 7 nitrogen and oxygen atoms in total. The van der Waals surface area contributed by atoms with E-state index < -0.39 is 46.7 Å². The molecule has 0 saturated carbocycles. The number of carbonyl (C=O) groups is 1. The Kier molecular flexibility index (Phi) is 4.74. The molecule has 11 heteroatoms. The summed E-state index contributed by atoms with van der Waals surface area (Å²) in [7, 11) is -2.04. The van der Waals surface area contributed by atoms with Crippen molar-refractivity contribution >= 4 is 21.3 Å². The van der Waals surface area contributed by atoms with Gasteiger partial charge in [-0.2, -0.15) is 18.2 Å². The Morgan fingerprint density at radius 3 is 2.83 bits per heavy atom. The maximum Gasteiger partial charge on any atom is 0.393 e. The summed E-state index contributed by atoms with van der Waals surface area (Å²) >= 11 is 0. The normalized spacial score (nSPS) is 28.2. The van der Waals surface area contributed by atoms with Crippen LogP contribution in [0.2, 0.25) is 0 Å². The van der Waals surface area contributed by atoms with E-state index in [1.165, 1.54) is 18.3 Å². The third kappa shape index (κ3) is 4.22. The van der Waals surface area contributed by atoms with Gasteiger partial charge in [0.15, 0.2) is 0 Å². The highest BCUT2D eigenvalue weighted by molar-refractivity contribution is 7.91. The summed E-state index contributed by atoms with van der Waals surface area (Å²) < 4.78 is 66.1. The molecule has 0 radical (unpaired) electrons. The summed E-state index contributed by atoms with van der Waals surface area (Å²) in [5.74, 6) is -2.89. The zero-order valence-corrected chi connectivity index (χ0v) is 13.7. The van der Waals surface area contributed by atoms with Crippen molar-refractivity contribution < 1.29 is 28.4 Å². The number of halogens is 3. The summed E-state index contributed by atoms with van der Waals surface area (Å²) in [4.78, 5) is 21.0. The standard InChI is InChI=1S/C13H17F3N4O3S/c1-23-20-7-8(13(14,15)16)5-10(20)12(21)19-9-3-4-18-11(6-9)24(2,17)22/h3-4,6,8,10,17H,5,7H2,1-2H3,(H,18,19,21)/t8?,10?,24-/m1/s1/i10D. The summed E-state index contributed by atoms with van der Waals surface area (Å²) in [6.45, 7) is -0.631. The van der Waals surface area contributed by atoms with Gasteiger partial charge in [0, 0.05) is 24.7 Å². The number of anilines is 1. The zero-order chi connectivity index (χ0) is 19.0. The average molecular weight is 367 g/mol. The molecule has 3 atom stereocenters. The second kappa shape index (κ2) is 6.65. The van der Waals surface area contributed by atoms with Crippen molar-refractivity contribution in [1.82, 2.24) is 10.0 Å². The lowest BCUT2D eigenvalue weighted by atomic mass is 10.0. The number of carbonyl (C=O) groups excluding carboxylic acids is 1. The molecule has 24 heavy (non-hydrogen) atoms. The minimum absolute atomic E-state index is 0.0787. The second-order valence-electron chi connectivity index (χ2n) is 5.31. The smallest absolute Gasteiger partial charge is 0.324 e. The van der Waals surface area contributed by atoms with Gasteiger partial charge in [-0.25, -0.2) is 14.0 Å². The van der Waals surface area contributed by atoms with Crippen molar-refractivity contribution in [3.05, 3.63) is 18.3 Å². The molecule has 2 rings (SSSR count). The molecule has 0 spiro atoms. The fourth-order valence-corrected chi connectivity index (χ4v) is 2.84. The Morgan fingerprint density at radius 1 is 1.62 bits per heavy atom. The number of rotatable bonds is 4. The van der Waals surface area contributed by atoms with Crippen LogP contribution in [-0.2, 0) is 19.4 Å². The molecule has 1 fully saturated rings. The number of hydrogen-bond acceptors (Lipinski definition) is 6. The van der Waals surface area contributed by atoms with Gasteiger partial charge in [-0.3, -0.25) is 4.79 Å². The van der Waals surface area contributed by atoms with E-state index in [4.69, 9.17) is 11.0 Å². The molecule has 2 unspecified atom stereocenters. The fraction of sp³-hybridized carbons (Fsp3) is 0.538. The molecule has 2 N–H and O–H groups in total. The van der Waals surface area contributed by atoms with Crippen molar-refractivity contribution in [2.45, 2.75) is 23.6 Å². The van der Waals surface area contributed by atoms with Crippen LogP contribution in [0.4, 0.5) is 18.9 Å². The highest BCUT2D eigenvalue weighted by Gasteiger charge is 2.49. The predicted molar refractivity (Wildman–Crippen MR) is 79.6 cm³/mol. The molecule has 1 aliphatic rings. The summed E-state index contributed by atoms with van der Waals surface area (Å²) in [6.07, 6.45) is -2.98. The minimum Gasteiger partial charge on any atom is -0.324 e. The lowest BCUT2D eigenvalue weighted by Gasteiger charge is -2.20. The Balaban J connectivity index is 2.25. The average Bonchev–Trinajstić information content (AvgIpc) is 2.85. The molecule has 1 saturated heterocycles. The van der Waals surface area contributed by atoms with E-state index >= 15 is 0 Å². The van der Waals surface area contributed by atoms with Crippen LogP contribution in [0.5, 0.6) is 0 Å².